The number of nitro groups is 1. The number of rotatable bonds is 6. The van der Waals surface area contributed by atoms with Gasteiger partial charge in [0.1, 0.15) is 0 Å². The highest BCUT2D eigenvalue weighted by molar-refractivity contribution is 6.00. The summed E-state index contributed by atoms with van der Waals surface area (Å²) in [7, 11) is 2.06. The molecule has 0 N–H and O–H groups in total. The van der Waals surface area contributed by atoms with E-state index < -0.39 is 4.92 Å². The fraction of sp³-hybridized carbons (Fsp3) is 0.458. The number of hydrogen-bond acceptors (Lipinski definition) is 5. The molecule has 31 heavy (non-hydrogen) atoms. The van der Waals surface area contributed by atoms with Gasteiger partial charge in [0.15, 0.2) is 0 Å². The molecule has 1 unspecified atom stereocenters. The van der Waals surface area contributed by atoms with E-state index in [1.807, 2.05) is 50.8 Å². The normalized spacial score (nSPS) is 17.3. The van der Waals surface area contributed by atoms with Gasteiger partial charge in [0.05, 0.1) is 22.2 Å². The van der Waals surface area contributed by atoms with Gasteiger partial charge in [0.2, 0.25) is 0 Å². The molecular formula is C24H32N4O3. The summed E-state index contributed by atoms with van der Waals surface area (Å²) in [4.78, 5) is 31.1. The first-order valence-electron chi connectivity index (χ1n) is 10.8. The molecule has 1 aliphatic heterocycles. The van der Waals surface area contributed by atoms with Crippen molar-refractivity contribution < 1.29 is 9.72 Å². The van der Waals surface area contributed by atoms with E-state index in [4.69, 9.17) is 0 Å². The Morgan fingerprint density at radius 1 is 1.06 bits per heavy atom. The van der Waals surface area contributed by atoms with Crippen LogP contribution in [0.1, 0.15) is 49.7 Å². The number of carbonyl (C=O) groups is 1. The highest BCUT2D eigenvalue weighted by Crippen LogP contribution is 2.33. The lowest BCUT2D eigenvalue weighted by molar-refractivity contribution is -0.384. The molecule has 1 aliphatic rings. The molecule has 0 aromatic heterocycles. The Hall–Kier alpha value is -2.93. The summed E-state index contributed by atoms with van der Waals surface area (Å²) in [5.41, 5.74) is 2.22. The molecule has 2 aromatic carbocycles. The number of nitro benzene ring substituents is 1. The minimum atomic E-state index is -0.404. The number of nitrogens with zero attached hydrogens (tertiary/aromatic N) is 4. The van der Waals surface area contributed by atoms with Gasteiger partial charge in [-0.15, -0.1) is 0 Å². The number of benzene rings is 2. The molecule has 1 atom stereocenters. The van der Waals surface area contributed by atoms with Crippen LogP contribution in [0.3, 0.4) is 0 Å². The van der Waals surface area contributed by atoms with E-state index in [2.05, 4.69) is 29.0 Å². The monoisotopic (exact) mass is 424 g/mol. The Labute approximate surface area is 184 Å². The molecule has 0 radical (unpaired) electrons. The van der Waals surface area contributed by atoms with Crippen molar-refractivity contribution in [2.75, 3.05) is 31.6 Å². The molecule has 1 saturated heterocycles. The van der Waals surface area contributed by atoms with E-state index in [9.17, 15) is 14.9 Å². The summed E-state index contributed by atoms with van der Waals surface area (Å²) in [6.07, 6.45) is 0. The van der Waals surface area contributed by atoms with Gasteiger partial charge < -0.3 is 14.7 Å². The van der Waals surface area contributed by atoms with Crippen molar-refractivity contribution in [3.8, 4) is 0 Å². The average Bonchev–Trinajstić information content (AvgIpc) is 2.73. The van der Waals surface area contributed by atoms with Crippen LogP contribution in [0.5, 0.6) is 0 Å². The van der Waals surface area contributed by atoms with Crippen molar-refractivity contribution >= 4 is 17.3 Å². The maximum Gasteiger partial charge on any atom is 0.271 e. The van der Waals surface area contributed by atoms with E-state index in [1.54, 1.807) is 12.1 Å². The predicted octanol–water partition coefficient (Wildman–Crippen LogP) is 4.35. The minimum absolute atomic E-state index is 0.00385. The maximum atomic E-state index is 13.9. The van der Waals surface area contributed by atoms with Gasteiger partial charge in [0, 0.05) is 43.9 Å². The third kappa shape index (κ3) is 4.88. The number of anilines is 1. The molecule has 1 fully saturated rings. The van der Waals surface area contributed by atoms with Gasteiger partial charge in [0.25, 0.3) is 11.6 Å². The third-order valence-corrected chi connectivity index (χ3v) is 5.84. The van der Waals surface area contributed by atoms with Crippen LogP contribution in [-0.2, 0) is 0 Å². The Morgan fingerprint density at radius 2 is 1.71 bits per heavy atom. The standard InChI is InChI=1S/C24H32N4O3/c1-17(2)27(18(3)4)22-15-20(28(30)31)11-12-21(22)24(29)26-14-13-25(5)16-23(26)19-9-7-6-8-10-19/h6-12,15,17-18,23H,13-14,16H2,1-5H3. The zero-order chi connectivity index (χ0) is 22.7. The molecule has 166 valence electrons. The van der Waals surface area contributed by atoms with Gasteiger partial charge in [-0.2, -0.15) is 0 Å². The SMILES string of the molecule is CC(C)N(c1cc([N+](=O)[O-])ccc1C(=O)N1CCN(C)CC1c1ccccc1)C(C)C. The van der Waals surface area contributed by atoms with E-state index in [0.29, 0.717) is 17.8 Å². The second kappa shape index (κ2) is 9.47. The predicted molar refractivity (Wildman–Crippen MR) is 124 cm³/mol. The maximum absolute atomic E-state index is 13.9. The van der Waals surface area contributed by atoms with E-state index in [1.165, 1.54) is 6.07 Å². The quantitative estimate of drug-likeness (QED) is 0.509. The minimum Gasteiger partial charge on any atom is -0.366 e. The molecule has 0 saturated carbocycles. The van der Waals surface area contributed by atoms with Gasteiger partial charge >= 0.3 is 0 Å². The lowest BCUT2D eigenvalue weighted by atomic mass is 10.00. The summed E-state index contributed by atoms with van der Waals surface area (Å²) in [5, 5.41) is 11.5. The molecule has 7 nitrogen and oxygen atoms in total. The van der Waals surface area contributed by atoms with Crippen molar-refractivity contribution in [1.82, 2.24) is 9.80 Å². The van der Waals surface area contributed by atoms with Crippen LogP contribution in [0, 0.1) is 10.1 Å². The summed E-state index contributed by atoms with van der Waals surface area (Å²) in [5.74, 6) is -0.0850. The highest BCUT2D eigenvalue weighted by Gasteiger charge is 2.33. The molecule has 1 amide bonds. The number of piperazine rings is 1. The zero-order valence-electron chi connectivity index (χ0n) is 19.0. The lowest BCUT2D eigenvalue weighted by Gasteiger charge is -2.41. The van der Waals surface area contributed by atoms with Crippen LogP contribution in [0.15, 0.2) is 48.5 Å². The van der Waals surface area contributed by atoms with Crippen LogP contribution in [0.25, 0.3) is 0 Å². The lowest BCUT2D eigenvalue weighted by Crippen LogP contribution is -2.49. The smallest absolute Gasteiger partial charge is 0.271 e. The third-order valence-electron chi connectivity index (χ3n) is 5.84. The fourth-order valence-corrected chi connectivity index (χ4v) is 4.46. The van der Waals surface area contributed by atoms with Crippen molar-refractivity contribution in [2.45, 2.75) is 45.8 Å². The first-order valence-corrected chi connectivity index (χ1v) is 10.8. The number of amides is 1. The van der Waals surface area contributed by atoms with Gasteiger partial charge in [-0.3, -0.25) is 14.9 Å². The van der Waals surface area contributed by atoms with Crippen molar-refractivity contribution in [1.29, 1.82) is 0 Å². The summed E-state index contributed by atoms with van der Waals surface area (Å²) in [6, 6.07) is 14.8. The first kappa shape index (κ1) is 22.7. The second-order valence-corrected chi connectivity index (χ2v) is 8.74. The highest BCUT2D eigenvalue weighted by atomic mass is 16.6. The molecule has 0 bridgehead atoms. The Balaban J connectivity index is 2.07. The Kier molecular flexibility index (Phi) is 6.95. The summed E-state index contributed by atoms with van der Waals surface area (Å²) in [6.45, 7) is 10.3. The van der Waals surface area contributed by atoms with Crippen LogP contribution in [0.4, 0.5) is 11.4 Å². The van der Waals surface area contributed by atoms with Crippen molar-refractivity contribution in [3.05, 3.63) is 69.8 Å². The fourth-order valence-electron chi connectivity index (χ4n) is 4.46. The molecule has 2 aromatic rings. The van der Waals surface area contributed by atoms with Crippen LogP contribution in [0.2, 0.25) is 0 Å². The number of likely N-dealkylation sites (N-methyl/N-ethyl adjacent to an activating group) is 1. The van der Waals surface area contributed by atoms with Crippen molar-refractivity contribution in [3.63, 3.8) is 0 Å². The van der Waals surface area contributed by atoms with Crippen LogP contribution >= 0.6 is 0 Å². The van der Waals surface area contributed by atoms with Crippen molar-refractivity contribution in [2.24, 2.45) is 0 Å². The average molecular weight is 425 g/mol. The number of hydrogen-bond donors (Lipinski definition) is 0. The Bertz CT molecular complexity index is 922. The molecular weight excluding hydrogens is 392 g/mol. The molecule has 0 spiro atoms. The first-order chi connectivity index (χ1) is 14.7. The number of carbonyl (C=O) groups excluding carboxylic acids is 1. The topological polar surface area (TPSA) is 69.9 Å². The number of non-ortho nitro benzene ring substituents is 1. The Morgan fingerprint density at radius 3 is 2.29 bits per heavy atom. The van der Waals surface area contributed by atoms with Crippen LogP contribution < -0.4 is 4.90 Å². The summed E-state index contributed by atoms with van der Waals surface area (Å²) < 4.78 is 0. The molecule has 3 rings (SSSR count). The van der Waals surface area contributed by atoms with E-state index >= 15 is 0 Å². The zero-order valence-corrected chi connectivity index (χ0v) is 19.0. The van der Waals surface area contributed by atoms with Crippen LogP contribution in [-0.4, -0.2) is 59.4 Å². The van der Waals surface area contributed by atoms with Gasteiger partial charge in [-0.1, -0.05) is 30.3 Å². The molecule has 0 aliphatic carbocycles. The van der Waals surface area contributed by atoms with E-state index in [0.717, 1.165) is 18.7 Å². The van der Waals surface area contributed by atoms with Gasteiger partial charge in [-0.25, -0.2) is 0 Å². The van der Waals surface area contributed by atoms with Gasteiger partial charge in [-0.05, 0) is 46.4 Å². The largest absolute Gasteiger partial charge is 0.366 e. The second-order valence-electron chi connectivity index (χ2n) is 8.74. The van der Waals surface area contributed by atoms with E-state index in [-0.39, 0.29) is 29.7 Å². The molecule has 7 heteroatoms. The molecule has 1 heterocycles. The summed E-state index contributed by atoms with van der Waals surface area (Å²) >= 11 is 0.